The number of hydrogen-bond acceptors (Lipinski definition) is 3. The van der Waals surface area contributed by atoms with E-state index in [9.17, 15) is 9.59 Å². The van der Waals surface area contributed by atoms with Crippen molar-refractivity contribution in [2.24, 2.45) is 5.92 Å². The number of fused-ring (bicyclic) bond motifs is 1. The summed E-state index contributed by atoms with van der Waals surface area (Å²) in [6.07, 6.45) is 4.45. The molecule has 5 heteroatoms. The number of aryl methyl sites for hydroxylation is 1. The molecule has 1 heterocycles. The molecule has 0 fully saturated rings. The third-order valence-electron chi connectivity index (χ3n) is 4.64. The van der Waals surface area contributed by atoms with Crippen LogP contribution in [0.5, 0.6) is 0 Å². The summed E-state index contributed by atoms with van der Waals surface area (Å²) in [5, 5.41) is 5.95. The predicted octanol–water partition coefficient (Wildman–Crippen LogP) is 3.23. The molecule has 0 saturated heterocycles. The maximum absolute atomic E-state index is 12.8. The van der Waals surface area contributed by atoms with Crippen LogP contribution in [0.4, 0.5) is 0 Å². The summed E-state index contributed by atoms with van der Waals surface area (Å²) in [5.74, 6) is 0.548. The first-order valence-corrected chi connectivity index (χ1v) is 8.79. The Morgan fingerprint density at radius 1 is 1.16 bits per heavy atom. The molecule has 25 heavy (non-hydrogen) atoms. The van der Waals surface area contributed by atoms with Crippen LogP contribution in [-0.2, 0) is 11.2 Å². The molecule has 0 bridgehead atoms. The second-order valence-electron chi connectivity index (χ2n) is 6.81. The van der Waals surface area contributed by atoms with Crippen LogP contribution in [0.15, 0.2) is 47.1 Å². The van der Waals surface area contributed by atoms with E-state index in [2.05, 4.69) is 10.6 Å². The molecule has 2 atom stereocenters. The maximum atomic E-state index is 12.8. The molecule has 1 aromatic heterocycles. The van der Waals surface area contributed by atoms with Gasteiger partial charge in [-0.25, -0.2) is 0 Å². The van der Waals surface area contributed by atoms with Gasteiger partial charge < -0.3 is 15.1 Å². The Labute approximate surface area is 147 Å². The lowest BCUT2D eigenvalue weighted by Crippen LogP contribution is -2.50. The van der Waals surface area contributed by atoms with Gasteiger partial charge in [-0.1, -0.05) is 32.0 Å². The van der Waals surface area contributed by atoms with Crippen LogP contribution in [0.2, 0.25) is 0 Å². The molecule has 0 radical (unpaired) electrons. The van der Waals surface area contributed by atoms with Crippen molar-refractivity contribution < 1.29 is 14.0 Å². The summed E-state index contributed by atoms with van der Waals surface area (Å²) in [7, 11) is 0. The first-order chi connectivity index (χ1) is 12.1. The number of carbonyl (C=O) groups is 2. The molecule has 2 aromatic rings. The van der Waals surface area contributed by atoms with Gasteiger partial charge in [-0.05, 0) is 37.0 Å². The number of furan rings is 1. The maximum Gasteiger partial charge on any atom is 0.251 e. The largest absolute Gasteiger partial charge is 0.469 e. The smallest absolute Gasteiger partial charge is 0.251 e. The van der Waals surface area contributed by atoms with E-state index in [-0.39, 0.29) is 23.8 Å². The molecule has 0 spiro atoms. The van der Waals surface area contributed by atoms with Crippen molar-refractivity contribution >= 4 is 11.8 Å². The van der Waals surface area contributed by atoms with Crippen molar-refractivity contribution in [3.8, 4) is 0 Å². The van der Waals surface area contributed by atoms with E-state index >= 15 is 0 Å². The van der Waals surface area contributed by atoms with Crippen molar-refractivity contribution in [1.29, 1.82) is 0 Å². The highest BCUT2D eigenvalue weighted by molar-refractivity contribution is 5.97. The zero-order valence-corrected chi connectivity index (χ0v) is 14.6. The van der Waals surface area contributed by atoms with E-state index in [0.29, 0.717) is 5.56 Å². The highest BCUT2D eigenvalue weighted by Crippen LogP contribution is 2.30. The summed E-state index contributed by atoms with van der Waals surface area (Å²) < 4.78 is 5.48. The second kappa shape index (κ2) is 7.55. The molecule has 0 aliphatic heterocycles. The minimum Gasteiger partial charge on any atom is -0.469 e. The lowest BCUT2D eigenvalue weighted by molar-refractivity contribution is -0.124. The highest BCUT2D eigenvalue weighted by Gasteiger charge is 2.29. The summed E-state index contributed by atoms with van der Waals surface area (Å²) in [6.45, 7) is 3.86. The fourth-order valence-electron chi connectivity index (χ4n) is 3.25. The average Bonchev–Trinajstić information content (AvgIpc) is 3.09. The minimum absolute atomic E-state index is 0.0138. The Morgan fingerprint density at radius 3 is 2.64 bits per heavy atom. The zero-order chi connectivity index (χ0) is 17.8. The topological polar surface area (TPSA) is 71.3 Å². The fraction of sp³-hybridized carbons (Fsp3) is 0.400. The number of hydrogen-bond donors (Lipinski definition) is 2. The van der Waals surface area contributed by atoms with Crippen LogP contribution >= 0.6 is 0 Å². The van der Waals surface area contributed by atoms with Crippen molar-refractivity contribution in [3.63, 3.8) is 0 Å². The third kappa shape index (κ3) is 3.92. The molecule has 0 unspecified atom stereocenters. The molecule has 132 valence electrons. The Hall–Kier alpha value is -2.56. The second-order valence-corrected chi connectivity index (χ2v) is 6.81. The number of carbonyl (C=O) groups excluding carboxylic acids is 2. The fourth-order valence-corrected chi connectivity index (χ4v) is 3.25. The lowest BCUT2D eigenvalue weighted by atomic mass is 9.92. The number of rotatable bonds is 5. The first-order valence-electron chi connectivity index (χ1n) is 8.79. The standard InChI is InChI=1S/C20H24N2O3/c1-13(2)18(22-19(23)14-7-4-3-5-8-14)20(24)21-16-9-6-10-17-15(16)11-12-25-17/h3-5,7-8,11-13,16,18H,6,9-10H2,1-2H3,(H,21,24)(H,22,23)/t16-,18+/m0/s1. The van der Waals surface area contributed by atoms with Crippen LogP contribution in [-0.4, -0.2) is 17.9 Å². The van der Waals surface area contributed by atoms with Gasteiger partial charge >= 0.3 is 0 Å². The third-order valence-corrected chi connectivity index (χ3v) is 4.64. The van der Waals surface area contributed by atoms with E-state index in [4.69, 9.17) is 4.42 Å². The van der Waals surface area contributed by atoms with E-state index in [1.165, 1.54) is 0 Å². The van der Waals surface area contributed by atoms with Crippen LogP contribution < -0.4 is 10.6 Å². The average molecular weight is 340 g/mol. The molecule has 1 aliphatic carbocycles. The van der Waals surface area contributed by atoms with Crippen LogP contribution in [0, 0.1) is 5.92 Å². The highest BCUT2D eigenvalue weighted by atomic mass is 16.3. The molecule has 0 saturated carbocycles. The van der Waals surface area contributed by atoms with Crippen molar-refractivity contribution in [2.45, 2.75) is 45.2 Å². The summed E-state index contributed by atoms with van der Waals surface area (Å²) >= 11 is 0. The van der Waals surface area contributed by atoms with Gasteiger partial charge in [0.05, 0.1) is 12.3 Å². The van der Waals surface area contributed by atoms with Crippen LogP contribution in [0.3, 0.4) is 0 Å². The van der Waals surface area contributed by atoms with E-state index in [1.54, 1.807) is 18.4 Å². The molecule has 5 nitrogen and oxygen atoms in total. The zero-order valence-electron chi connectivity index (χ0n) is 14.6. The molecular formula is C20H24N2O3. The van der Waals surface area contributed by atoms with Gasteiger partial charge in [-0.2, -0.15) is 0 Å². The number of benzene rings is 1. The van der Waals surface area contributed by atoms with E-state index < -0.39 is 6.04 Å². The van der Waals surface area contributed by atoms with Crippen molar-refractivity contribution in [2.75, 3.05) is 0 Å². The Kier molecular flexibility index (Phi) is 5.22. The van der Waals surface area contributed by atoms with Gasteiger partial charge in [0, 0.05) is 17.5 Å². The normalized spacial score (nSPS) is 17.6. The molecule has 2 amide bonds. The quantitative estimate of drug-likeness (QED) is 0.878. The van der Waals surface area contributed by atoms with E-state index in [0.717, 1.165) is 30.6 Å². The molecule has 3 rings (SSSR count). The summed E-state index contributed by atoms with van der Waals surface area (Å²) in [5.41, 5.74) is 1.60. The Morgan fingerprint density at radius 2 is 1.92 bits per heavy atom. The SMILES string of the molecule is CC(C)[C@@H](NC(=O)c1ccccc1)C(=O)N[C@H]1CCCc2occc21. The van der Waals surface area contributed by atoms with Crippen molar-refractivity contribution in [1.82, 2.24) is 10.6 Å². The van der Waals surface area contributed by atoms with Gasteiger partial charge in [0.2, 0.25) is 5.91 Å². The lowest BCUT2D eigenvalue weighted by Gasteiger charge is -2.27. The van der Waals surface area contributed by atoms with Gasteiger partial charge in [0.15, 0.2) is 0 Å². The molecule has 1 aliphatic rings. The van der Waals surface area contributed by atoms with Gasteiger partial charge in [-0.15, -0.1) is 0 Å². The Balaban J connectivity index is 1.69. The predicted molar refractivity (Wildman–Crippen MR) is 95.1 cm³/mol. The number of amides is 2. The van der Waals surface area contributed by atoms with Gasteiger partial charge in [-0.3, -0.25) is 9.59 Å². The van der Waals surface area contributed by atoms with E-state index in [1.807, 2.05) is 38.1 Å². The van der Waals surface area contributed by atoms with Gasteiger partial charge in [0.1, 0.15) is 11.8 Å². The van der Waals surface area contributed by atoms with Crippen molar-refractivity contribution in [3.05, 3.63) is 59.5 Å². The summed E-state index contributed by atoms with van der Waals surface area (Å²) in [4.78, 5) is 25.2. The molecule has 1 aromatic carbocycles. The molecular weight excluding hydrogens is 316 g/mol. The Bertz CT molecular complexity index is 736. The first kappa shape index (κ1) is 17.3. The monoisotopic (exact) mass is 340 g/mol. The van der Waals surface area contributed by atoms with Crippen LogP contribution in [0.25, 0.3) is 0 Å². The minimum atomic E-state index is -0.579. The molecule has 2 N–H and O–H groups in total. The summed E-state index contributed by atoms with van der Waals surface area (Å²) in [6, 6.07) is 10.2. The van der Waals surface area contributed by atoms with Gasteiger partial charge in [0.25, 0.3) is 5.91 Å². The van der Waals surface area contributed by atoms with Crippen LogP contribution in [0.1, 0.15) is 54.4 Å². The number of nitrogens with one attached hydrogen (secondary N) is 2.